The van der Waals surface area contributed by atoms with Gasteiger partial charge in [-0.1, -0.05) is 24.3 Å². The zero-order valence-corrected chi connectivity index (χ0v) is 23.1. The van der Waals surface area contributed by atoms with Crippen LogP contribution in [-0.4, -0.2) is 41.4 Å². The zero-order chi connectivity index (χ0) is 27.6. The van der Waals surface area contributed by atoms with Crippen molar-refractivity contribution in [3.63, 3.8) is 0 Å². The van der Waals surface area contributed by atoms with Crippen molar-refractivity contribution in [2.45, 2.75) is 18.9 Å². The number of esters is 1. The summed E-state index contributed by atoms with van der Waals surface area (Å²) in [5, 5.41) is 13.7. The molecule has 1 unspecified atom stereocenters. The minimum absolute atomic E-state index is 0.123. The number of benzene rings is 2. The molecule has 5 aromatic rings. The number of carbonyl (C=O) groups is 3. The predicted molar refractivity (Wildman–Crippen MR) is 156 cm³/mol. The Bertz CT molecular complexity index is 1670. The second-order valence-electron chi connectivity index (χ2n) is 9.38. The molecule has 4 heterocycles. The van der Waals surface area contributed by atoms with E-state index < -0.39 is 0 Å². The topological polar surface area (TPSA) is 116 Å². The van der Waals surface area contributed by atoms with Crippen molar-refractivity contribution < 1.29 is 19.1 Å². The van der Waals surface area contributed by atoms with Gasteiger partial charge in [0.05, 0.1) is 35.8 Å². The molecule has 2 amide bonds. The second-order valence-corrected chi connectivity index (χ2v) is 10.9. The first-order chi connectivity index (χ1) is 19.5. The Hall–Kier alpha value is -4.48. The quantitative estimate of drug-likeness (QED) is 0.215. The molecule has 0 radical (unpaired) electrons. The lowest BCUT2D eigenvalue weighted by Crippen LogP contribution is -2.40. The summed E-state index contributed by atoms with van der Waals surface area (Å²) in [5.41, 5.74) is 6.43. The van der Waals surface area contributed by atoms with Crippen molar-refractivity contribution in [2.24, 2.45) is 0 Å². The van der Waals surface area contributed by atoms with E-state index in [0.29, 0.717) is 23.7 Å². The van der Waals surface area contributed by atoms with Crippen LogP contribution in [-0.2, 0) is 20.9 Å². The molecule has 0 saturated heterocycles. The normalized spacial score (nSPS) is 14.4. The van der Waals surface area contributed by atoms with Crippen molar-refractivity contribution in [1.82, 2.24) is 15.3 Å². The number of H-pyrrole nitrogens is 1. The molecule has 6 rings (SSSR count). The van der Waals surface area contributed by atoms with Crippen molar-refractivity contribution in [2.75, 3.05) is 23.9 Å². The van der Waals surface area contributed by atoms with E-state index in [1.165, 1.54) is 34.7 Å². The Morgan fingerprint density at radius 2 is 1.80 bits per heavy atom. The van der Waals surface area contributed by atoms with Gasteiger partial charge in [0.1, 0.15) is 6.54 Å². The van der Waals surface area contributed by atoms with E-state index in [2.05, 4.69) is 20.6 Å². The van der Waals surface area contributed by atoms with E-state index in [0.717, 1.165) is 33.4 Å². The number of amides is 2. The molecule has 202 valence electrons. The SMILES string of the molecule is COC(=O)CC1c2cscc2C(=O)N(CC(=O)NCc2ccc(Nc3nc4ccccc4[nH]3)cc2)c2cscc21. The number of ether oxygens (including phenoxy) is 1. The Kier molecular flexibility index (Phi) is 7.06. The second kappa shape index (κ2) is 10.9. The van der Waals surface area contributed by atoms with Gasteiger partial charge in [0.25, 0.3) is 5.91 Å². The number of para-hydroxylation sites is 2. The number of aromatic amines is 1. The third kappa shape index (κ3) is 5.08. The molecule has 9 nitrogen and oxygen atoms in total. The highest BCUT2D eigenvalue weighted by Gasteiger charge is 2.35. The Balaban J connectivity index is 1.12. The number of nitrogens with zero attached hydrogens (tertiary/aromatic N) is 2. The van der Waals surface area contributed by atoms with Gasteiger partial charge < -0.3 is 20.4 Å². The molecular formula is C29H25N5O4S2. The maximum absolute atomic E-state index is 13.5. The molecule has 2 aromatic carbocycles. The van der Waals surface area contributed by atoms with Gasteiger partial charge in [0, 0.05) is 28.9 Å². The van der Waals surface area contributed by atoms with Crippen LogP contribution in [0, 0.1) is 0 Å². The Labute approximate surface area is 237 Å². The first kappa shape index (κ1) is 25.8. The number of fused-ring (bicyclic) bond motifs is 3. The summed E-state index contributed by atoms with van der Waals surface area (Å²) in [7, 11) is 1.36. The van der Waals surface area contributed by atoms with Gasteiger partial charge >= 0.3 is 5.97 Å². The molecule has 0 fully saturated rings. The van der Waals surface area contributed by atoms with E-state index in [4.69, 9.17) is 4.74 Å². The first-order valence-electron chi connectivity index (χ1n) is 12.6. The van der Waals surface area contributed by atoms with Crippen molar-refractivity contribution in [1.29, 1.82) is 0 Å². The first-order valence-corrected chi connectivity index (χ1v) is 14.5. The van der Waals surface area contributed by atoms with Gasteiger partial charge in [0.2, 0.25) is 11.9 Å². The van der Waals surface area contributed by atoms with Crippen LogP contribution in [0.3, 0.4) is 0 Å². The van der Waals surface area contributed by atoms with Gasteiger partial charge in [-0.3, -0.25) is 19.3 Å². The summed E-state index contributed by atoms with van der Waals surface area (Å²) in [5.74, 6) is -0.534. The largest absolute Gasteiger partial charge is 0.469 e. The molecule has 11 heteroatoms. The molecule has 0 saturated carbocycles. The fraction of sp³-hybridized carbons (Fsp3) is 0.172. The van der Waals surface area contributed by atoms with Crippen LogP contribution >= 0.6 is 22.7 Å². The monoisotopic (exact) mass is 571 g/mol. The predicted octanol–water partition coefficient (Wildman–Crippen LogP) is 5.40. The van der Waals surface area contributed by atoms with E-state index in [9.17, 15) is 14.4 Å². The minimum atomic E-state index is -0.350. The van der Waals surface area contributed by atoms with Gasteiger partial charge in [-0.25, -0.2) is 4.98 Å². The number of imidazole rings is 1. The van der Waals surface area contributed by atoms with Crippen molar-refractivity contribution in [3.8, 4) is 0 Å². The lowest BCUT2D eigenvalue weighted by atomic mass is 9.90. The van der Waals surface area contributed by atoms with Crippen LogP contribution in [0.25, 0.3) is 11.0 Å². The van der Waals surface area contributed by atoms with Crippen molar-refractivity contribution in [3.05, 3.63) is 92.3 Å². The summed E-state index contributed by atoms with van der Waals surface area (Å²) in [6, 6.07) is 15.5. The number of nitrogens with one attached hydrogen (secondary N) is 3. The van der Waals surface area contributed by atoms with Gasteiger partial charge in [-0.2, -0.15) is 11.3 Å². The molecule has 3 N–H and O–H groups in total. The lowest BCUT2D eigenvalue weighted by molar-refractivity contribution is -0.140. The summed E-state index contributed by atoms with van der Waals surface area (Å²) >= 11 is 2.85. The van der Waals surface area contributed by atoms with Gasteiger partial charge in [-0.05, 0) is 51.7 Å². The summed E-state index contributed by atoms with van der Waals surface area (Å²) in [6.45, 7) is 0.186. The van der Waals surface area contributed by atoms with Crippen molar-refractivity contribution >= 4 is 68.8 Å². The summed E-state index contributed by atoms with van der Waals surface area (Å²) in [6.07, 6.45) is 0.123. The fourth-order valence-corrected chi connectivity index (χ4v) is 6.61. The molecule has 0 aliphatic carbocycles. The number of aromatic nitrogens is 2. The van der Waals surface area contributed by atoms with E-state index in [-0.39, 0.29) is 36.7 Å². The van der Waals surface area contributed by atoms with Crippen LogP contribution in [0.5, 0.6) is 0 Å². The highest BCUT2D eigenvalue weighted by Crippen LogP contribution is 2.43. The van der Waals surface area contributed by atoms with Crippen LogP contribution in [0.4, 0.5) is 17.3 Å². The standard InChI is InChI=1S/C29H25N5O4S2/c1-38-27(36)10-19-20-13-39-15-22(20)28(37)34(25-16-40-14-21(19)25)12-26(35)30-11-17-6-8-18(9-7-17)31-29-32-23-4-2-3-5-24(23)33-29/h2-9,13-16,19H,10-12H2,1H3,(H,30,35)(H2,31,32,33). The molecule has 1 atom stereocenters. The lowest BCUT2D eigenvalue weighted by Gasteiger charge is -2.21. The summed E-state index contributed by atoms with van der Waals surface area (Å²) < 4.78 is 4.92. The number of thiophene rings is 2. The van der Waals surface area contributed by atoms with Gasteiger partial charge in [0.15, 0.2) is 0 Å². The van der Waals surface area contributed by atoms with Crippen LogP contribution in [0.2, 0.25) is 0 Å². The van der Waals surface area contributed by atoms with E-state index >= 15 is 0 Å². The highest BCUT2D eigenvalue weighted by molar-refractivity contribution is 7.09. The number of methoxy groups -OCH3 is 1. The number of anilines is 3. The molecule has 1 aliphatic heterocycles. The van der Waals surface area contributed by atoms with Crippen LogP contribution < -0.4 is 15.5 Å². The molecule has 0 bridgehead atoms. The molecular weight excluding hydrogens is 546 g/mol. The number of carbonyl (C=O) groups excluding carboxylic acids is 3. The average Bonchev–Trinajstić information content (AvgIpc) is 3.72. The Morgan fingerprint density at radius 1 is 1.02 bits per heavy atom. The van der Waals surface area contributed by atoms with E-state index in [1.54, 1.807) is 5.38 Å². The molecule has 0 spiro atoms. The highest BCUT2D eigenvalue weighted by atomic mass is 32.1. The Morgan fingerprint density at radius 3 is 2.60 bits per heavy atom. The maximum atomic E-state index is 13.5. The number of hydrogen-bond donors (Lipinski definition) is 3. The third-order valence-electron chi connectivity index (χ3n) is 6.88. The average molecular weight is 572 g/mol. The summed E-state index contributed by atoms with van der Waals surface area (Å²) in [4.78, 5) is 48.0. The molecule has 40 heavy (non-hydrogen) atoms. The molecule has 1 aliphatic rings. The minimum Gasteiger partial charge on any atom is -0.469 e. The third-order valence-corrected chi connectivity index (χ3v) is 8.39. The number of rotatable bonds is 8. The fourth-order valence-electron chi connectivity index (χ4n) is 4.83. The maximum Gasteiger partial charge on any atom is 0.306 e. The smallest absolute Gasteiger partial charge is 0.306 e. The number of hydrogen-bond acceptors (Lipinski definition) is 8. The van der Waals surface area contributed by atoms with Gasteiger partial charge in [-0.15, -0.1) is 11.3 Å². The van der Waals surface area contributed by atoms with Crippen LogP contribution in [0.15, 0.2) is 70.1 Å². The molecule has 3 aromatic heterocycles. The zero-order valence-electron chi connectivity index (χ0n) is 21.5. The van der Waals surface area contributed by atoms with E-state index in [1.807, 2.05) is 64.7 Å². The van der Waals surface area contributed by atoms with Crippen LogP contribution in [0.1, 0.15) is 39.4 Å².